The summed E-state index contributed by atoms with van der Waals surface area (Å²) in [4.78, 5) is 2.80. The van der Waals surface area contributed by atoms with Gasteiger partial charge in [0.15, 0.2) is 0 Å². The third-order valence-electron chi connectivity index (χ3n) is 0.686. The van der Waals surface area contributed by atoms with E-state index in [1.165, 1.54) is 0 Å². The van der Waals surface area contributed by atoms with E-state index < -0.39 is 0 Å². The first-order valence-corrected chi connectivity index (χ1v) is 1.91. The molecule has 1 heterocycles. The van der Waals surface area contributed by atoms with E-state index in [0.717, 1.165) is 5.56 Å². The Hall–Kier alpha value is -0.211. The van der Waals surface area contributed by atoms with E-state index in [1.54, 1.807) is 0 Å². The normalized spacial score (nSPS) is 5.89. The van der Waals surface area contributed by atoms with Gasteiger partial charge in [-0.15, -0.1) is 6.20 Å². The summed E-state index contributed by atoms with van der Waals surface area (Å²) < 4.78 is 0. The van der Waals surface area contributed by atoms with Gasteiger partial charge < -0.3 is 14.4 Å². The van der Waals surface area contributed by atoms with Crippen LogP contribution in [-0.2, 0) is 20.1 Å². The van der Waals surface area contributed by atoms with Crippen LogP contribution in [0.3, 0.4) is 0 Å². The van der Waals surface area contributed by atoms with Crippen LogP contribution in [0.4, 0.5) is 0 Å². The molecule has 0 aliphatic rings. The van der Waals surface area contributed by atoms with Crippen molar-refractivity contribution in [1.29, 1.82) is 0 Å². The van der Waals surface area contributed by atoms with Gasteiger partial charge in [0.25, 0.3) is 0 Å². The zero-order chi connectivity index (χ0) is 4.41. The van der Waals surface area contributed by atoms with E-state index in [-0.39, 0.29) is 29.5 Å². The van der Waals surface area contributed by atoms with Gasteiger partial charge in [0.2, 0.25) is 0 Å². The summed E-state index contributed by atoms with van der Waals surface area (Å²) in [6, 6.07) is 1.97. The Morgan fingerprint density at radius 2 is 2.00 bits per heavy atom. The predicted octanol–water partition coefficient (Wildman–Crippen LogP) is -4.87. The van der Waals surface area contributed by atoms with Crippen LogP contribution in [0, 0.1) is 13.1 Å². The van der Waals surface area contributed by atoms with Crippen LogP contribution < -0.4 is 9.41 Å². The minimum absolute atomic E-state index is 0. The number of halogens is 2. The average Bonchev–Trinajstić information content (AvgIpc) is 1.86. The zero-order valence-corrected chi connectivity index (χ0v) is 7.14. The van der Waals surface area contributed by atoms with Gasteiger partial charge in [-0.05, 0) is 0 Å². The number of rotatable bonds is 0. The molecule has 0 aliphatic carbocycles. The van der Waals surface area contributed by atoms with Crippen molar-refractivity contribution in [2.45, 2.75) is 6.92 Å². The maximum atomic E-state index is 2.88. The first-order chi connectivity index (χ1) is 2.89. The molecule has 1 aromatic rings. The van der Waals surface area contributed by atoms with Crippen LogP contribution in [-0.4, -0.2) is 4.98 Å². The molecule has 1 N–H and O–H groups in total. The molecule has 1 rings (SSSR count). The van der Waals surface area contributed by atoms with Crippen LogP contribution in [0.25, 0.3) is 0 Å². The van der Waals surface area contributed by atoms with Crippen molar-refractivity contribution in [2.75, 3.05) is 0 Å². The first-order valence-electron chi connectivity index (χ1n) is 1.91. The SMILES string of the molecule is Cc1[c-][nH]cc1.[F-].[F-].[Ir+3]. The molecule has 0 unspecified atom stereocenters. The van der Waals surface area contributed by atoms with Crippen molar-refractivity contribution >= 4 is 0 Å². The fourth-order valence-electron chi connectivity index (χ4n) is 0.364. The number of aromatic nitrogens is 1. The molecule has 0 amide bonds. The zero-order valence-electron chi connectivity index (χ0n) is 4.74. The van der Waals surface area contributed by atoms with Crippen molar-refractivity contribution in [2.24, 2.45) is 0 Å². The van der Waals surface area contributed by atoms with E-state index in [4.69, 9.17) is 0 Å². The average molecular weight is 310 g/mol. The molecule has 9 heavy (non-hydrogen) atoms. The van der Waals surface area contributed by atoms with Gasteiger partial charge in [-0.25, -0.2) is 0 Å². The second-order valence-corrected chi connectivity index (χ2v) is 1.29. The third kappa shape index (κ3) is 5.66. The van der Waals surface area contributed by atoms with Gasteiger partial charge in [-0.1, -0.05) is 6.92 Å². The van der Waals surface area contributed by atoms with Crippen LogP contribution >= 0.6 is 0 Å². The fourth-order valence-corrected chi connectivity index (χ4v) is 0.364. The largest absolute Gasteiger partial charge is 3.00 e. The second-order valence-electron chi connectivity index (χ2n) is 1.29. The third-order valence-corrected chi connectivity index (χ3v) is 0.686. The topological polar surface area (TPSA) is 15.8 Å². The van der Waals surface area contributed by atoms with Crippen molar-refractivity contribution in [3.8, 4) is 0 Å². The maximum absolute atomic E-state index is 2.88. The number of hydrogen-bond acceptors (Lipinski definition) is 0. The van der Waals surface area contributed by atoms with Gasteiger partial charge in [0.1, 0.15) is 0 Å². The maximum Gasteiger partial charge on any atom is 3.00 e. The summed E-state index contributed by atoms with van der Waals surface area (Å²) >= 11 is 0. The van der Waals surface area contributed by atoms with Crippen LogP contribution in [0.15, 0.2) is 12.3 Å². The molecule has 54 valence electrons. The summed E-state index contributed by atoms with van der Waals surface area (Å²) in [7, 11) is 0. The standard InChI is InChI=1S/C5H6N.2FH.Ir/c1-5-2-3-6-4-5;;;/h2-3,6H,1H3;2*1H;/q-1;;;+3/p-2. The predicted molar refractivity (Wildman–Crippen MR) is 24.4 cm³/mol. The van der Waals surface area contributed by atoms with Crippen molar-refractivity contribution in [3.63, 3.8) is 0 Å². The van der Waals surface area contributed by atoms with E-state index in [1.807, 2.05) is 19.2 Å². The van der Waals surface area contributed by atoms with Crippen molar-refractivity contribution < 1.29 is 29.5 Å². The Balaban J connectivity index is -0.000000120. The van der Waals surface area contributed by atoms with Gasteiger partial charge in [-0.3, -0.25) is 0 Å². The van der Waals surface area contributed by atoms with E-state index in [9.17, 15) is 0 Å². The summed E-state index contributed by atoms with van der Waals surface area (Å²) in [5.41, 5.74) is 1.16. The molecule has 0 radical (unpaired) electrons. The van der Waals surface area contributed by atoms with Gasteiger partial charge in [0.05, 0.1) is 0 Å². The molecular formula is C5H6F2IrN. The summed E-state index contributed by atoms with van der Waals surface area (Å²) in [6.07, 6.45) is 4.73. The van der Waals surface area contributed by atoms with Crippen LogP contribution in [0.5, 0.6) is 0 Å². The number of H-pyrrole nitrogens is 1. The van der Waals surface area contributed by atoms with Crippen molar-refractivity contribution in [1.82, 2.24) is 4.98 Å². The Morgan fingerprint density at radius 3 is 2.11 bits per heavy atom. The molecule has 0 bridgehead atoms. The Bertz CT molecular complexity index is 119. The number of hydrogen-bond donors (Lipinski definition) is 1. The molecule has 0 saturated carbocycles. The van der Waals surface area contributed by atoms with E-state index in [2.05, 4.69) is 11.2 Å². The first kappa shape index (κ1) is 15.9. The Labute approximate surface area is 65.9 Å². The quantitative estimate of drug-likeness (QED) is 0.463. The Kier molecular flexibility index (Phi) is 13.8. The second kappa shape index (κ2) is 7.79. The van der Waals surface area contributed by atoms with Gasteiger partial charge in [-0.2, -0.15) is 17.8 Å². The molecule has 0 spiro atoms. The summed E-state index contributed by atoms with van der Waals surface area (Å²) in [6.45, 7) is 2.00. The summed E-state index contributed by atoms with van der Waals surface area (Å²) in [5.74, 6) is 0. The molecule has 1 aromatic heterocycles. The van der Waals surface area contributed by atoms with Gasteiger partial charge in [0, 0.05) is 0 Å². The minimum Gasteiger partial charge on any atom is -1.00 e. The van der Waals surface area contributed by atoms with Crippen molar-refractivity contribution in [3.05, 3.63) is 24.0 Å². The molecule has 0 fully saturated rings. The number of nitrogens with one attached hydrogen (secondary N) is 1. The van der Waals surface area contributed by atoms with E-state index >= 15 is 0 Å². The van der Waals surface area contributed by atoms with Crippen LogP contribution in [0.2, 0.25) is 0 Å². The number of aromatic amines is 1. The van der Waals surface area contributed by atoms with Crippen LogP contribution in [0.1, 0.15) is 5.56 Å². The molecule has 0 saturated heterocycles. The molecule has 0 aromatic carbocycles. The molecule has 4 heteroatoms. The smallest absolute Gasteiger partial charge is 1.00 e. The molecular weight excluding hydrogens is 304 g/mol. The molecule has 1 nitrogen and oxygen atoms in total. The summed E-state index contributed by atoms with van der Waals surface area (Å²) in [5, 5.41) is 0. The van der Waals surface area contributed by atoms with E-state index in [0.29, 0.717) is 0 Å². The minimum atomic E-state index is 0. The monoisotopic (exact) mass is 311 g/mol. The molecule has 0 aliphatic heterocycles. The Morgan fingerprint density at radius 1 is 1.44 bits per heavy atom. The van der Waals surface area contributed by atoms with Gasteiger partial charge >= 0.3 is 20.1 Å². The fraction of sp³-hybridized carbons (Fsp3) is 0.200. The number of aryl methyl sites for hydroxylation is 1. The molecule has 0 atom stereocenters.